The number of carbonyl (C=O) groups excluding carboxylic acids is 2. The highest BCUT2D eigenvalue weighted by molar-refractivity contribution is 5.92. The number of carbonyl (C=O) groups is 2. The summed E-state index contributed by atoms with van der Waals surface area (Å²) in [6, 6.07) is 1.67. The first kappa shape index (κ1) is 18.9. The van der Waals surface area contributed by atoms with Crippen LogP contribution in [0, 0.1) is 17.8 Å². The van der Waals surface area contributed by atoms with Crippen LogP contribution in [0.2, 0.25) is 0 Å². The fourth-order valence-electron chi connectivity index (χ4n) is 3.93. The van der Waals surface area contributed by atoms with Crippen LogP contribution in [0.3, 0.4) is 0 Å². The Morgan fingerprint density at radius 3 is 2.54 bits per heavy atom. The first-order valence-corrected chi connectivity index (χ1v) is 9.61. The van der Waals surface area contributed by atoms with Gasteiger partial charge in [-0.1, -0.05) is 27.7 Å². The van der Waals surface area contributed by atoms with E-state index in [1.807, 2.05) is 18.7 Å². The fourth-order valence-corrected chi connectivity index (χ4v) is 3.93. The highest BCUT2D eigenvalue weighted by Crippen LogP contribution is 2.47. The minimum atomic E-state index is -0.131. The van der Waals surface area contributed by atoms with Crippen LogP contribution in [0.25, 0.3) is 0 Å². The van der Waals surface area contributed by atoms with Crippen LogP contribution in [-0.2, 0) is 4.79 Å². The van der Waals surface area contributed by atoms with E-state index in [2.05, 4.69) is 24.0 Å². The van der Waals surface area contributed by atoms with E-state index in [9.17, 15) is 14.7 Å². The predicted octanol–water partition coefficient (Wildman–Crippen LogP) is 1.47. The second-order valence-corrected chi connectivity index (χ2v) is 8.06. The maximum atomic E-state index is 12.8. The number of amides is 2. The molecule has 7 nitrogen and oxygen atoms in total. The van der Waals surface area contributed by atoms with Crippen molar-refractivity contribution in [1.29, 1.82) is 0 Å². The van der Waals surface area contributed by atoms with Gasteiger partial charge in [0.2, 0.25) is 5.91 Å². The number of hydrogen-bond acceptors (Lipinski definition) is 4. The number of aromatic amines is 1. The van der Waals surface area contributed by atoms with Crippen LogP contribution < -0.4 is 0 Å². The summed E-state index contributed by atoms with van der Waals surface area (Å²) in [6.45, 7) is 9.79. The normalized spacial score (nSPS) is 28.5. The van der Waals surface area contributed by atoms with E-state index >= 15 is 0 Å². The quantitative estimate of drug-likeness (QED) is 0.830. The summed E-state index contributed by atoms with van der Waals surface area (Å²) in [5.41, 5.74) is 1.35. The molecule has 1 aromatic heterocycles. The molecule has 3 rings (SSSR count). The van der Waals surface area contributed by atoms with Gasteiger partial charge in [-0.2, -0.15) is 5.10 Å². The number of nitrogens with one attached hydrogen (secondary N) is 1. The smallest absolute Gasteiger partial charge is 0.274 e. The molecular weight excluding hydrogens is 332 g/mol. The molecule has 1 aliphatic carbocycles. The molecular formula is C19H30N4O3. The number of H-pyrrole nitrogens is 1. The summed E-state index contributed by atoms with van der Waals surface area (Å²) in [6.07, 6.45) is 0.489. The van der Waals surface area contributed by atoms with Crippen molar-refractivity contribution < 1.29 is 14.7 Å². The molecule has 1 saturated heterocycles. The zero-order chi connectivity index (χ0) is 19.0. The predicted molar refractivity (Wildman–Crippen MR) is 97.6 cm³/mol. The number of aliphatic hydroxyl groups is 1. The molecule has 7 heteroatoms. The van der Waals surface area contributed by atoms with Gasteiger partial charge in [0, 0.05) is 37.9 Å². The SMILES string of the molecule is CC(C)c1cc(C(=O)N2CCN(C(=O)C3[C@@H](C)[C@H]3C)C(CCO)C2)n[nH]1. The lowest BCUT2D eigenvalue weighted by atomic mass is 10.1. The lowest BCUT2D eigenvalue weighted by Gasteiger charge is -2.41. The average Bonchev–Trinajstić information content (AvgIpc) is 3.02. The molecule has 2 amide bonds. The van der Waals surface area contributed by atoms with Gasteiger partial charge in [-0.25, -0.2) is 0 Å². The Labute approximate surface area is 154 Å². The van der Waals surface area contributed by atoms with Gasteiger partial charge < -0.3 is 14.9 Å². The zero-order valence-corrected chi connectivity index (χ0v) is 16.1. The van der Waals surface area contributed by atoms with E-state index in [1.165, 1.54) is 0 Å². The number of aromatic nitrogens is 2. The van der Waals surface area contributed by atoms with Crippen LogP contribution in [0.1, 0.15) is 56.2 Å². The first-order chi connectivity index (χ1) is 12.3. The van der Waals surface area contributed by atoms with Gasteiger partial charge in [0.25, 0.3) is 5.91 Å². The Morgan fingerprint density at radius 1 is 1.31 bits per heavy atom. The molecule has 2 N–H and O–H groups in total. The van der Waals surface area contributed by atoms with Gasteiger partial charge in [-0.15, -0.1) is 0 Å². The highest BCUT2D eigenvalue weighted by atomic mass is 16.3. The number of aliphatic hydroxyl groups excluding tert-OH is 1. The van der Waals surface area contributed by atoms with Crippen LogP contribution >= 0.6 is 0 Å². The second kappa shape index (κ2) is 7.39. The third-order valence-corrected chi connectivity index (χ3v) is 6.06. The molecule has 2 aliphatic rings. The Balaban J connectivity index is 1.68. The molecule has 2 unspecified atom stereocenters. The van der Waals surface area contributed by atoms with Crippen molar-refractivity contribution in [3.8, 4) is 0 Å². The topological polar surface area (TPSA) is 89.5 Å². The monoisotopic (exact) mass is 362 g/mol. The van der Waals surface area contributed by atoms with E-state index in [0.717, 1.165) is 5.69 Å². The molecule has 0 radical (unpaired) electrons. The molecule has 1 aromatic rings. The summed E-state index contributed by atoms with van der Waals surface area (Å²) >= 11 is 0. The van der Waals surface area contributed by atoms with E-state index in [1.54, 1.807) is 11.0 Å². The van der Waals surface area contributed by atoms with Crippen molar-refractivity contribution in [3.63, 3.8) is 0 Å². The van der Waals surface area contributed by atoms with Gasteiger partial charge in [0.15, 0.2) is 0 Å². The van der Waals surface area contributed by atoms with Crippen LogP contribution in [0.5, 0.6) is 0 Å². The lowest BCUT2D eigenvalue weighted by molar-refractivity contribution is -0.138. The van der Waals surface area contributed by atoms with E-state index < -0.39 is 0 Å². The zero-order valence-electron chi connectivity index (χ0n) is 16.1. The van der Waals surface area contributed by atoms with Crippen molar-refractivity contribution in [2.75, 3.05) is 26.2 Å². The molecule has 2 heterocycles. The summed E-state index contributed by atoms with van der Waals surface area (Å²) in [4.78, 5) is 29.2. The average molecular weight is 362 g/mol. The molecule has 26 heavy (non-hydrogen) atoms. The van der Waals surface area contributed by atoms with Crippen molar-refractivity contribution in [3.05, 3.63) is 17.5 Å². The third-order valence-electron chi connectivity index (χ3n) is 6.06. The summed E-state index contributed by atoms with van der Waals surface area (Å²) < 4.78 is 0. The maximum Gasteiger partial charge on any atom is 0.274 e. The van der Waals surface area contributed by atoms with Crippen molar-refractivity contribution in [1.82, 2.24) is 20.0 Å². The Hall–Kier alpha value is -1.89. The molecule has 1 saturated carbocycles. The lowest BCUT2D eigenvalue weighted by Crippen LogP contribution is -2.57. The summed E-state index contributed by atoms with van der Waals surface area (Å²) in [5, 5.41) is 16.5. The third kappa shape index (κ3) is 3.49. The number of hydrogen-bond donors (Lipinski definition) is 2. The van der Waals surface area contributed by atoms with Gasteiger partial charge in [-0.05, 0) is 30.2 Å². The van der Waals surface area contributed by atoms with Crippen molar-refractivity contribution >= 4 is 11.8 Å². The van der Waals surface area contributed by atoms with Gasteiger partial charge in [0.05, 0.1) is 6.04 Å². The molecule has 0 spiro atoms. The van der Waals surface area contributed by atoms with Gasteiger partial charge >= 0.3 is 0 Å². The second-order valence-electron chi connectivity index (χ2n) is 8.06. The molecule has 0 bridgehead atoms. The van der Waals surface area contributed by atoms with Crippen molar-refractivity contribution in [2.24, 2.45) is 17.8 Å². The standard InChI is InChI=1S/C19H30N4O3/c1-11(2)15-9-16(21-20-15)18(25)22-6-7-23(14(10-22)5-8-24)19(26)17-12(3)13(17)4/h9,11-14,17,24H,5-8,10H2,1-4H3,(H,20,21)/t12-,13+,14?,17?. The fraction of sp³-hybridized carbons (Fsp3) is 0.737. The highest BCUT2D eigenvalue weighted by Gasteiger charge is 2.51. The number of nitrogens with zero attached hydrogens (tertiary/aromatic N) is 3. The van der Waals surface area contributed by atoms with E-state index in [-0.39, 0.29) is 36.3 Å². The first-order valence-electron chi connectivity index (χ1n) is 9.61. The Morgan fingerprint density at radius 2 is 2.00 bits per heavy atom. The molecule has 1 aliphatic heterocycles. The summed E-state index contributed by atoms with van der Waals surface area (Å²) in [7, 11) is 0. The molecule has 0 aromatic carbocycles. The Bertz CT molecular complexity index is 663. The van der Waals surface area contributed by atoms with Crippen LogP contribution in [0.4, 0.5) is 0 Å². The number of piperazine rings is 1. The number of rotatable bonds is 5. The Kier molecular flexibility index (Phi) is 5.37. The maximum absolute atomic E-state index is 12.8. The molecule has 4 atom stereocenters. The van der Waals surface area contributed by atoms with Gasteiger partial charge in [0.1, 0.15) is 5.69 Å². The molecule has 144 valence electrons. The van der Waals surface area contributed by atoms with Crippen LogP contribution in [0.15, 0.2) is 6.07 Å². The minimum Gasteiger partial charge on any atom is -0.396 e. The summed E-state index contributed by atoms with van der Waals surface area (Å²) in [5.74, 6) is 1.29. The van der Waals surface area contributed by atoms with E-state index in [4.69, 9.17) is 0 Å². The van der Waals surface area contributed by atoms with E-state index in [0.29, 0.717) is 43.6 Å². The van der Waals surface area contributed by atoms with Crippen LogP contribution in [-0.4, -0.2) is 69.2 Å². The minimum absolute atomic E-state index is 0.00610. The van der Waals surface area contributed by atoms with Gasteiger partial charge in [-0.3, -0.25) is 14.7 Å². The van der Waals surface area contributed by atoms with Crippen molar-refractivity contribution in [2.45, 2.75) is 46.1 Å². The largest absolute Gasteiger partial charge is 0.396 e. The molecule has 2 fully saturated rings.